The third-order valence-corrected chi connectivity index (χ3v) is 5.35. The molecule has 1 heterocycles. The Kier molecular flexibility index (Phi) is 6.56. The van der Waals surface area contributed by atoms with Crippen LogP contribution in [0.15, 0.2) is 42.5 Å². The van der Waals surface area contributed by atoms with Crippen molar-refractivity contribution >= 4 is 23.4 Å². The van der Waals surface area contributed by atoms with Crippen LogP contribution in [0.4, 0.5) is 18.0 Å². The number of methoxy groups -OCH3 is 1. The third kappa shape index (κ3) is 4.61. The SMILES string of the molecule is COc1cc([C@H]2NC(=O)N[C@](O)(C(F)(F)F)[C@H]2C(C)=O)ccc1OCc1ccc(Cl)cc1. The maximum atomic E-state index is 13.6. The number of rotatable bonds is 6. The fraction of sp³-hybridized carbons (Fsp3) is 0.333. The van der Waals surface area contributed by atoms with Crippen LogP contribution in [0.5, 0.6) is 11.5 Å². The molecular formula is C21H20ClF3N2O5. The number of Topliss-reactive ketones (excluding diaryl/α,β-unsaturated/α-hetero) is 1. The van der Waals surface area contributed by atoms with Crippen LogP contribution < -0.4 is 20.1 Å². The molecule has 2 amide bonds. The van der Waals surface area contributed by atoms with E-state index in [9.17, 15) is 27.9 Å². The molecule has 3 rings (SSSR count). The summed E-state index contributed by atoms with van der Waals surface area (Å²) < 4.78 is 51.8. The van der Waals surface area contributed by atoms with Gasteiger partial charge in [0, 0.05) is 5.02 Å². The topological polar surface area (TPSA) is 96.9 Å². The van der Waals surface area contributed by atoms with Crippen molar-refractivity contribution in [3.63, 3.8) is 0 Å². The summed E-state index contributed by atoms with van der Waals surface area (Å²) >= 11 is 5.85. The number of benzene rings is 2. The van der Waals surface area contributed by atoms with Crippen molar-refractivity contribution in [2.24, 2.45) is 5.92 Å². The Hall–Kier alpha value is -2.98. The van der Waals surface area contributed by atoms with Gasteiger partial charge in [-0.1, -0.05) is 29.8 Å². The first kappa shape index (κ1) is 23.7. The van der Waals surface area contributed by atoms with E-state index in [-0.39, 0.29) is 23.7 Å². The number of urea groups is 1. The molecule has 7 nitrogen and oxygen atoms in total. The van der Waals surface area contributed by atoms with Crippen molar-refractivity contribution in [1.82, 2.24) is 10.6 Å². The molecule has 0 bridgehead atoms. The molecule has 2 aromatic rings. The van der Waals surface area contributed by atoms with Gasteiger partial charge >= 0.3 is 12.2 Å². The number of nitrogens with one attached hydrogen (secondary N) is 2. The molecule has 1 aliphatic heterocycles. The van der Waals surface area contributed by atoms with Crippen LogP contribution in [0.1, 0.15) is 24.1 Å². The summed E-state index contributed by atoms with van der Waals surface area (Å²) in [5.74, 6) is -2.55. The molecule has 2 aromatic carbocycles. The van der Waals surface area contributed by atoms with E-state index < -0.39 is 35.7 Å². The molecule has 0 spiro atoms. The second-order valence-corrected chi connectivity index (χ2v) is 7.69. The maximum Gasteiger partial charge on any atom is 0.437 e. The molecule has 3 N–H and O–H groups in total. The zero-order chi connectivity index (χ0) is 23.7. The molecule has 1 aliphatic rings. The number of carbonyl (C=O) groups is 2. The summed E-state index contributed by atoms with van der Waals surface area (Å²) in [6, 6.07) is 8.38. The summed E-state index contributed by atoms with van der Waals surface area (Å²) in [7, 11) is 1.34. The van der Waals surface area contributed by atoms with Gasteiger partial charge in [0.1, 0.15) is 12.4 Å². The van der Waals surface area contributed by atoms with Gasteiger partial charge < -0.3 is 25.2 Å². The Morgan fingerprint density at radius 2 is 1.84 bits per heavy atom. The van der Waals surface area contributed by atoms with Crippen molar-refractivity contribution < 1.29 is 37.3 Å². The van der Waals surface area contributed by atoms with Crippen LogP contribution in [0.2, 0.25) is 5.02 Å². The number of hydrogen-bond acceptors (Lipinski definition) is 5. The van der Waals surface area contributed by atoms with Crippen molar-refractivity contribution in [2.75, 3.05) is 7.11 Å². The first-order chi connectivity index (χ1) is 15.0. The third-order valence-electron chi connectivity index (χ3n) is 5.10. The molecule has 0 radical (unpaired) electrons. The van der Waals surface area contributed by atoms with E-state index in [4.69, 9.17) is 21.1 Å². The highest BCUT2D eigenvalue weighted by atomic mass is 35.5. The summed E-state index contributed by atoms with van der Waals surface area (Å²) in [4.78, 5) is 24.1. The van der Waals surface area contributed by atoms with Gasteiger partial charge in [-0.05, 0) is 42.3 Å². The molecule has 0 unspecified atom stereocenters. The first-order valence-electron chi connectivity index (χ1n) is 9.39. The fourth-order valence-electron chi connectivity index (χ4n) is 3.54. The Morgan fingerprint density at radius 3 is 2.41 bits per heavy atom. The van der Waals surface area contributed by atoms with Gasteiger partial charge in [-0.15, -0.1) is 0 Å². The van der Waals surface area contributed by atoms with Crippen LogP contribution in [-0.4, -0.2) is 35.9 Å². The quantitative estimate of drug-likeness (QED) is 0.595. The molecule has 11 heteroatoms. The second-order valence-electron chi connectivity index (χ2n) is 7.25. The largest absolute Gasteiger partial charge is 0.493 e. The van der Waals surface area contributed by atoms with Gasteiger partial charge in [-0.25, -0.2) is 4.79 Å². The van der Waals surface area contributed by atoms with Gasteiger partial charge in [0.25, 0.3) is 0 Å². The normalized spacial score (nSPS) is 23.2. The van der Waals surface area contributed by atoms with E-state index in [0.717, 1.165) is 12.5 Å². The van der Waals surface area contributed by atoms with Gasteiger partial charge in [-0.3, -0.25) is 4.79 Å². The van der Waals surface area contributed by atoms with E-state index in [1.54, 1.807) is 24.3 Å². The highest BCUT2D eigenvalue weighted by Crippen LogP contribution is 2.44. The summed E-state index contributed by atoms with van der Waals surface area (Å²) in [6.45, 7) is 1.08. The number of carbonyl (C=O) groups excluding carboxylic acids is 2. The zero-order valence-corrected chi connectivity index (χ0v) is 17.8. The van der Waals surface area contributed by atoms with Crippen LogP contribution in [0.3, 0.4) is 0 Å². The van der Waals surface area contributed by atoms with E-state index >= 15 is 0 Å². The molecule has 1 fully saturated rings. The predicted octanol–water partition coefficient (Wildman–Crippen LogP) is 3.74. The number of aliphatic hydroxyl groups is 1. The molecule has 172 valence electrons. The van der Waals surface area contributed by atoms with Crippen molar-refractivity contribution in [3.8, 4) is 11.5 Å². The maximum absolute atomic E-state index is 13.6. The number of hydrogen-bond donors (Lipinski definition) is 3. The molecule has 0 saturated carbocycles. The van der Waals surface area contributed by atoms with Gasteiger partial charge in [0.15, 0.2) is 11.5 Å². The lowest BCUT2D eigenvalue weighted by atomic mass is 9.79. The standard InChI is InChI=1S/C21H20ClF3N2O5/c1-11(28)17-18(26-19(29)27-20(17,30)21(23,24)25)13-5-8-15(16(9-13)31-2)32-10-12-3-6-14(22)7-4-12/h3-9,17-18,30H,10H2,1-2H3,(H2,26,27,29)/t17-,18+,20+/m0/s1. The average Bonchev–Trinajstić information content (AvgIpc) is 2.71. The van der Waals surface area contributed by atoms with Crippen molar-refractivity contribution in [3.05, 3.63) is 58.6 Å². The Balaban J connectivity index is 1.92. The van der Waals surface area contributed by atoms with Gasteiger partial charge in [0.05, 0.1) is 19.1 Å². The molecule has 3 atom stereocenters. The van der Waals surface area contributed by atoms with Crippen molar-refractivity contribution in [1.29, 1.82) is 0 Å². The van der Waals surface area contributed by atoms with E-state index in [1.165, 1.54) is 30.6 Å². The number of ether oxygens (including phenoxy) is 2. The smallest absolute Gasteiger partial charge is 0.437 e. The monoisotopic (exact) mass is 472 g/mol. The number of alkyl halides is 3. The van der Waals surface area contributed by atoms with E-state index in [0.29, 0.717) is 5.02 Å². The van der Waals surface area contributed by atoms with Crippen LogP contribution >= 0.6 is 11.6 Å². The Morgan fingerprint density at radius 1 is 1.19 bits per heavy atom. The minimum atomic E-state index is -5.29. The lowest BCUT2D eigenvalue weighted by molar-refractivity contribution is -0.290. The van der Waals surface area contributed by atoms with Crippen LogP contribution in [0.25, 0.3) is 0 Å². The zero-order valence-electron chi connectivity index (χ0n) is 17.0. The lowest BCUT2D eigenvalue weighted by Crippen LogP contribution is -2.72. The molecule has 0 aromatic heterocycles. The number of amides is 2. The fourth-order valence-corrected chi connectivity index (χ4v) is 3.67. The average molecular weight is 473 g/mol. The summed E-state index contributed by atoms with van der Waals surface area (Å²) in [5.41, 5.74) is -2.79. The predicted molar refractivity (Wildman–Crippen MR) is 108 cm³/mol. The van der Waals surface area contributed by atoms with Crippen LogP contribution in [-0.2, 0) is 11.4 Å². The summed E-state index contributed by atoms with van der Waals surface area (Å²) in [6.07, 6.45) is -5.29. The minimum Gasteiger partial charge on any atom is -0.493 e. The van der Waals surface area contributed by atoms with Crippen LogP contribution in [0, 0.1) is 5.92 Å². The molecule has 32 heavy (non-hydrogen) atoms. The molecular weight excluding hydrogens is 453 g/mol. The van der Waals surface area contributed by atoms with Crippen molar-refractivity contribution in [2.45, 2.75) is 31.5 Å². The molecule has 0 aliphatic carbocycles. The lowest BCUT2D eigenvalue weighted by Gasteiger charge is -2.44. The van der Waals surface area contributed by atoms with E-state index in [2.05, 4.69) is 5.32 Å². The minimum absolute atomic E-state index is 0.124. The molecule has 1 saturated heterocycles. The van der Waals surface area contributed by atoms with Gasteiger partial charge in [0.2, 0.25) is 5.72 Å². The second kappa shape index (κ2) is 8.87. The number of ketones is 1. The van der Waals surface area contributed by atoms with E-state index in [1.807, 2.05) is 0 Å². The highest BCUT2D eigenvalue weighted by molar-refractivity contribution is 6.30. The number of halogens is 4. The highest BCUT2D eigenvalue weighted by Gasteiger charge is 2.65. The van der Waals surface area contributed by atoms with Gasteiger partial charge in [-0.2, -0.15) is 13.2 Å². The summed E-state index contributed by atoms with van der Waals surface area (Å²) in [5, 5.41) is 14.6. The first-order valence-corrected chi connectivity index (χ1v) is 9.77. The Labute approximate surface area is 186 Å². The Bertz CT molecular complexity index is 1020.